The summed E-state index contributed by atoms with van der Waals surface area (Å²) in [5.74, 6) is -0.333. The maximum atomic E-state index is 12.3. The molecule has 6 saturated carbocycles. The summed E-state index contributed by atoms with van der Waals surface area (Å²) in [4.78, 5) is 0. The molecule has 0 spiro atoms. The molecular weight excluding hydrogens is 981 g/mol. The highest BCUT2D eigenvalue weighted by Gasteiger charge is 2.51. The molecule has 0 aromatic heterocycles. The summed E-state index contributed by atoms with van der Waals surface area (Å²) in [6.07, 6.45) is 5.36. The summed E-state index contributed by atoms with van der Waals surface area (Å²) in [5.41, 5.74) is 12.1. The van der Waals surface area contributed by atoms with Crippen LogP contribution >= 0.6 is 36.1 Å². The Morgan fingerprint density at radius 2 is 1.25 bits per heavy atom. The quantitative estimate of drug-likeness (QED) is 0.0274. The lowest BCUT2D eigenvalue weighted by molar-refractivity contribution is -0.432. The molecule has 27 nitrogen and oxygen atoms in total. The average Bonchev–Trinajstić information content (AvgIpc) is 3.32. The molecule has 6 aliphatic carbocycles. The number of fused-ring (bicyclic) bond motifs is 2. The molecule has 7 aliphatic rings. The third-order valence-corrected chi connectivity index (χ3v) is 18.9. The van der Waals surface area contributed by atoms with Gasteiger partial charge in [0, 0.05) is 68.1 Å². The standard InChI is InChI=1S/C37H68N12O15S4/c1-57-28-12-19(45-44-18-6-8-21-17(10-18)11-20(65-62-59-51)13-32(21)68(54,55)56)7-9-25(28)46-48-27-15-29(58-2)26(16-30(27)66-63-60-52)47-49-33-31(67-64-61-53)14-23-22(34(33)50)4-3-5-24(23)40-37-42-35(38)41-36(39)43-37/h17-37,40-43,50-53H,3-16,38-39H2,1-2H3,(H,54,55,56). The van der Waals surface area contributed by atoms with Crippen LogP contribution in [0.1, 0.15) is 89.9 Å². The van der Waals surface area contributed by atoms with Gasteiger partial charge < -0.3 is 26.0 Å². The van der Waals surface area contributed by atoms with Gasteiger partial charge in [0.25, 0.3) is 10.1 Å². The molecule has 20 atom stereocenters. The molecule has 390 valence electrons. The minimum absolute atomic E-state index is 0.00647. The molecule has 7 rings (SSSR count). The number of rotatable bonds is 20. The van der Waals surface area contributed by atoms with Gasteiger partial charge in [0.2, 0.25) is 0 Å². The molecule has 7 fully saturated rings. The third kappa shape index (κ3) is 14.4. The molecule has 68 heavy (non-hydrogen) atoms. The molecule has 13 N–H and O–H groups in total. The second-order valence-corrected chi connectivity index (χ2v) is 23.3. The number of nitrogens with two attached hydrogens (primary N) is 2. The van der Waals surface area contributed by atoms with E-state index >= 15 is 0 Å². The molecule has 0 aromatic rings. The Morgan fingerprint density at radius 1 is 0.618 bits per heavy atom. The lowest BCUT2D eigenvalue weighted by atomic mass is 9.65. The van der Waals surface area contributed by atoms with Gasteiger partial charge in [-0.2, -0.15) is 39.1 Å². The molecule has 0 radical (unpaired) electrons. The van der Waals surface area contributed by atoms with E-state index in [1.165, 1.54) is 0 Å². The number of nitrogens with zero attached hydrogens (tertiary/aromatic N) is 6. The molecule has 31 heteroatoms. The van der Waals surface area contributed by atoms with Gasteiger partial charge in [-0.05, 0) is 101 Å². The van der Waals surface area contributed by atoms with E-state index in [2.05, 4.69) is 40.7 Å². The Labute approximate surface area is 407 Å². The summed E-state index contributed by atoms with van der Waals surface area (Å²) >= 11 is 2.61. The van der Waals surface area contributed by atoms with Crippen LogP contribution in [-0.4, -0.2) is 149 Å². The zero-order chi connectivity index (χ0) is 48.4. The Kier molecular flexibility index (Phi) is 21.2. The summed E-state index contributed by atoms with van der Waals surface area (Å²) in [6, 6.07) is -2.14. The molecule has 0 aromatic carbocycles. The molecule has 1 saturated heterocycles. The van der Waals surface area contributed by atoms with Crippen molar-refractivity contribution >= 4 is 46.2 Å². The maximum Gasteiger partial charge on any atom is 0.268 e. The SMILES string of the molecule is COC1CC(N=NC2CCC3C(C2)CC(SOOO)CC3S(=O)(=O)O)CCC1N=NC1CC(OC)C(N=NC2C(SOOO)CC3C(NC4NC(N)NC(N)N4)CCCC3C2O)CC1SOOO. The minimum Gasteiger partial charge on any atom is -0.390 e. The van der Waals surface area contributed by atoms with Crippen LogP contribution in [0.15, 0.2) is 30.7 Å². The molecule has 1 aliphatic heterocycles. The fraction of sp³-hybridized carbons (Fsp3) is 1.00. The van der Waals surface area contributed by atoms with E-state index < -0.39 is 68.8 Å². The smallest absolute Gasteiger partial charge is 0.268 e. The van der Waals surface area contributed by atoms with Crippen molar-refractivity contribution in [1.29, 1.82) is 0 Å². The Balaban J connectivity index is 0.956. The zero-order valence-corrected chi connectivity index (χ0v) is 41.1. The van der Waals surface area contributed by atoms with Crippen LogP contribution in [0.5, 0.6) is 0 Å². The van der Waals surface area contributed by atoms with Crippen LogP contribution in [0.2, 0.25) is 0 Å². The first kappa shape index (κ1) is 54.8. The number of hydrogen-bond donors (Lipinski definition) is 11. The second-order valence-electron chi connectivity index (χ2n) is 18.8. The van der Waals surface area contributed by atoms with Gasteiger partial charge in [0.1, 0.15) is 24.9 Å². The van der Waals surface area contributed by atoms with Gasteiger partial charge in [0.15, 0.2) is 0 Å². The van der Waals surface area contributed by atoms with Crippen molar-refractivity contribution in [1.82, 2.24) is 21.3 Å². The van der Waals surface area contributed by atoms with E-state index in [0.717, 1.165) is 55.4 Å². The lowest BCUT2D eigenvalue weighted by Gasteiger charge is -2.49. The van der Waals surface area contributed by atoms with E-state index in [-0.39, 0.29) is 71.9 Å². The number of azo groups is 3. The van der Waals surface area contributed by atoms with Crippen molar-refractivity contribution in [3.8, 4) is 0 Å². The fourth-order valence-electron chi connectivity index (χ4n) is 11.8. The van der Waals surface area contributed by atoms with Crippen LogP contribution in [0.4, 0.5) is 0 Å². The summed E-state index contributed by atoms with van der Waals surface area (Å²) in [6.45, 7) is 0. The molecule has 0 amide bonds. The third-order valence-electron chi connectivity index (χ3n) is 15.0. The van der Waals surface area contributed by atoms with E-state index in [9.17, 15) is 18.1 Å². The number of methoxy groups -OCH3 is 2. The number of nitrogens with one attached hydrogen (secondary N) is 4. The van der Waals surface area contributed by atoms with Crippen LogP contribution in [0, 0.1) is 23.7 Å². The predicted molar refractivity (Wildman–Crippen MR) is 243 cm³/mol. The van der Waals surface area contributed by atoms with Gasteiger partial charge in [-0.25, -0.2) is 15.8 Å². The van der Waals surface area contributed by atoms with Crippen molar-refractivity contribution in [2.45, 2.75) is 190 Å². The average molecular weight is 1050 g/mol. The minimum atomic E-state index is -4.29. The van der Waals surface area contributed by atoms with Crippen LogP contribution in [-0.2, 0) is 47.7 Å². The number of ether oxygens (including phenoxy) is 2. The van der Waals surface area contributed by atoms with Gasteiger partial charge in [-0.1, -0.05) is 21.5 Å². The first-order valence-corrected chi connectivity index (χ1v) is 27.1. The molecule has 0 bridgehead atoms. The van der Waals surface area contributed by atoms with E-state index in [1.54, 1.807) is 14.2 Å². The Hall–Kier alpha value is -0.960. The molecule has 20 unspecified atom stereocenters. The lowest BCUT2D eigenvalue weighted by Crippen LogP contribution is -2.77. The fourth-order valence-corrected chi connectivity index (χ4v) is 15.4. The summed E-state index contributed by atoms with van der Waals surface area (Å²) < 4.78 is 61.0. The van der Waals surface area contributed by atoms with E-state index in [0.29, 0.717) is 64.2 Å². The van der Waals surface area contributed by atoms with Crippen molar-refractivity contribution in [2.75, 3.05) is 14.2 Å². The normalized spacial score (nSPS) is 44.0. The Morgan fingerprint density at radius 3 is 1.94 bits per heavy atom. The number of hydrogen-bond acceptors (Lipinski definition) is 29. The van der Waals surface area contributed by atoms with Gasteiger partial charge in [-0.15, -0.1) is 13.0 Å². The second kappa shape index (κ2) is 26.3. The highest BCUT2D eigenvalue weighted by molar-refractivity contribution is 7.95. The van der Waals surface area contributed by atoms with Crippen LogP contribution < -0.4 is 32.7 Å². The van der Waals surface area contributed by atoms with Crippen LogP contribution in [0.3, 0.4) is 0 Å². The van der Waals surface area contributed by atoms with E-state index in [1.807, 2.05) is 0 Å². The molecule has 1 heterocycles. The molecular formula is C37H68N12O15S4. The number of aliphatic hydroxyl groups excluding tert-OH is 1. The summed E-state index contributed by atoms with van der Waals surface area (Å²) in [7, 11) is -1.08. The predicted octanol–water partition coefficient (Wildman–Crippen LogP) is 3.03. The van der Waals surface area contributed by atoms with Gasteiger partial charge >= 0.3 is 0 Å². The number of aliphatic hydroxyl groups is 1. The van der Waals surface area contributed by atoms with Crippen molar-refractivity contribution in [3.05, 3.63) is 0 Å². The first-order chi connectivity index (χ1) is 32.8. The van der Waals surface area contributed by atoms with Gasteiger partial charge in [-0.3, -0.25) is 25.8 Å². The topological polar surface area (TPSA) is 383 Å². The van der Waals surface area contributed by atoms with Crippen molar-refractivity contribution in [2.24, 2.45) is 65.8 Å². The van der Waals surface area contributed by atoms with Crippen molar-refractivity contribution < 1.29 is 71.4 Å². The van der Waals surface area contributed by atoms with E-state index in [4.69, 9.17) is 76.1 Å². The highest BCUT2D eigenvalue weighted by atomic mass is 32.2. The largest absolute Gasteiger partial charge is 0.390 e. The summed E-state index contributed by atoms with van der Waals surface area (Å²) in [5, 5.41) is 89.9. The first-order valence-electron chi connectivity index (χ1n) is 23.2. The highest BCUT2D eigenvalue weighted by Crippen LogP contribution is 2.48. The van der Waals surface area contributed by atoms with Gasteiger partial charge in [0.05, 0.1) is 64.3 Å². The van der Waals surface area contributed by atoms with Crippen LogP contribution in [0.25, 0.3) is 0 Å². The monoisotopic (exact) mass is 1050 g/mol. The van der Waals surface area contributed by atoms with Crippen molar-refractivity contribution in [3.63, 3.8) is 0 Å². The Bertz CT molecular complexity index is 1750. The zero-order valence-electron chi connectivity index (χ0n) is 37.8. The maximum absolute atomic E-state index is 12.3.